The van der Waals surface area contributed by atoms with Crippen LogP contribution in [0, 0.1) is 0 Å². The maximum atomic E-state index is 11.6. The van der Waals surface area contributed by atoms with Crippen LogP contribution in [0.15, 0.2) is 129 Å². The fourth-order valence-corrected chi connectivity index (χ4v) is 3.35. The minimum atomic E-state index is -0.858. The average Bonchev–Trinajstić information content (AvgIpc) is 3.04. The van der Waals surface area contributed by atoms with E-state index in [0.29, 0.717) is 6.61 Å². The standard InChI is InChI=1S/C20H23NO5.C10H10.C8H8/c1-20(2,3)26-19(23)21-18(22)25-14-16-9-11-17(12-10-16)24-13-15-7-5-4-6-8-15;1-3-9-5-7-10(4-2)8-6-9;1-2-8-6-4-3-5-7-8/h4-12H,13-14H2,1-3H3,(H,21,22,23);3-8H,1-2H2;2-7H,1H2. The molecule has 0 heterocycles. The summed E-state index contributed by atoms with van der Waals surface area (Å²) in [6.45, 7) is 16.6. The molecule has 44 heavy (non-hydrogen) atoms. The van der Waals surface area contributed by atoms with Crippen LogP contribution in [0.25, 0.3) is 18.2 Å². The summed E-state index contributed by atoms with van der Waals surface area (Å²) in [4.78, 5) is 23.0. The summed E-state index contributed by atoms with van der Waals surface area (Å²) in [6, 6.07) is 35.1. The van der Waals surface area contributed by atoms with Gasteiger partial charge in [0.1, 0.15) is 24.6 Å². The Bertz CT molecular complexity index is 1410. The quantitative estimate of drug-likeness (QED) is 0.221. The second-order valence-electron chi connectivity index (χ2n) is 10.3. The van der Waals surface area contributed by atoms with Gasteiger partial charge >= 0.3 is 12.2 Å². The summed E-state index contributed by atoms with van der Waals surface area (Å²) in [5, 5.41) is 2.01. The summed E-state index contributed by atoms with van der Waals surface area (Å²) in [6.07, 6.45) is 3.79. The van der Waals surface area contributed by atoms with Crippen molar-refractivity contribution in [3.05, 3.63) is 157 Å². The largest absolute Gasteiger partial charge is 0.489 e. The second-order valence-corrected chi connectivity index (χ2v) is 10.3. The normalized spacial score (nSPS) is 9.89. The first-order chi connectivity index (χ1) is 21.1. The van der Waals surface area contributed by atoms with Crippen LogP contribution in [0.1, 0.15) is 48.6 Å². The maximum Gasteiger partial charge on any atom is 0.417 e. The number of nitrogens with one attached hydrogen (secondary N) is 1. The van der Waals surface area contributed by atoms with Crippen molar-refractivity contribution in [3.8, 4) is 5.75 Å². The Labute approximate surface area is 261 Å². The van der Waals surface area contributed by atoms with Crippen molar-refractivity contribution in [2.75, 3.05) is 0 Å². The number of amides is 2. The molecule has 0 fully saturated rings. The molecule has 228 valence electrons. The van der Waals surface area contributed by atoms with Crippen LogP contribution in [0.2, 0.25) is 0 Å². The molecule has 0 unspecified atom stereocenters. The van der Waals surface area contributed by atoms with E-state index < -0.39 is 17.8 Å². The molecule has 6 nitrogen and oxygen atoms in total. The Balaban J connectivity index is 0.000000302. The third-order valence-corrected chi connectivity index (χ3v) is 5.59. The van der Waals surface area contributed by atoms with Gasteiger partial charge in [-0.15, -0.1) is 0 Å². The first-order valence-corrected chi connectivity index (χ1v) is 14.1. The molecule has 1 N–H and O–H groups in total. The predicted octanol–water partition coefficient (Wildman–Crippen LogP) is 9.73. The summed E-state index contributed by atoms with van der Waals surface area (Å²) in [5.74, 6) is 0.718. The Hall–Kier alpha value is -5.36. The number of rotatable bonds is 8. The highest BCUT2D eigenvalue weighted by Gasteiger charge is 2.18. The molecule has 4 aromatic rings. The zero-order chi connectivity index (χ0) is 32.2. The lowest BCUT2D eigenvalue weighted by Crippen LogP contribution is -2.36. The number of hydrogen-bond donors (Lipinski definition) is 1. The van der Waals surface area contributed by atoms with Gasteiger partial charge < -0.3 is 14.2 Å². The summed E-state index contributed by atoms with van der Waals surface area (Å²) in [5.41, 5.74) is 4.64. The van der Waals surface area contributed by atoms with Crippen LogP contribution in [-0.4, -0.2) is 17.8 Å². The van der Waals surface area contributed by atoms with E-state index in [0.717, 1.165) is 28.0 Å². The van der Waals surface area contributed by atoms with Crippen LogP contribution in [-0.2, 0) is 22.7 Å². The Morgan fingerprint density at radius 1 is 0.614 bits per heavy atom. The van der Waals surface area contributed by atoms with E-state index in [1.54, 1.807) is 45.0 Å². The van der Waals surface area contributed by atoms with Crippen LogP contribution in [0.5, 0.6) is 5.75 Å². The van der Waals surface area contributed by atoms with Crippen molar-refractivity contribution in [3.63, 3.8) is 0 Å². The van der Waals surface area contributed by atoms with Gasteiger partial charge in [-0.05, 0) is 60.7 Å². The molecule has 0 spiro atoms. The van der Waals surface area contributed by atoms with Crippen molar-refractivity contribution in [2.45, 2.75) is 39.6 Å². The topological polar surface area (TPSA) is 73.9 Å². The van der Waals surface area contributed by atoms with Gasteiger partial charge in [0.15, 0.2) is 0 Å². The molecule has 0 aliphatic heterocycles. The highest BCUT2D eigenvalue weighted by Crippen LogP contribution is 2.15. The van der Waals surface area contributed by atoms with Crippen molar-refractivity contribution in [2.24, 2.45) is 0 Å². The van der Waals surface area contributed by atoms with Gasteiger partial charge in [-0.25, -0.2) is 14.9 Å². The average molecular weight is 592 g/mol. The zero-order valence-electron chi connectivity index (χ0n) is 25.7. The molecule has 4 aromatic carbocycles. The first-order valence-electron chi connectivity index (χ1n) is 14.1. The third kappa shape index (κ3) is 15.0. The molecule has 0 radical (unpaired) electrons. The minimum absolute atomic E-state index is 0.0353. The number of carbonyl (C=O) groups is 2. The Morgan fingerprint density at radius 2 is 1.07 bits per heavy atom. The Morgan fingerprint density at radius 3 is 1.52 bits per heavy atom. The highest BCUT2D eigenvalue weighted by atomic mass is 16.6. The lowest BCUT2D eigenvalue weighted by molar-refractivity contribution is 0.0506. The summed E-state index contributed by atoms with van der Waals surface area (Å²) in [7, 11) is 0. The van der Waals surface area contributed by atoms with Crippen LogP contribution in [0.4, 0.5) is 9.59 Å². The first kappa shape index (κ1) is 34.8. The molecule has 4 rings (SSSR count). The summed E-state index contributed by atoms with van der Waals surface area (Å²) >= 11 is 0. The van der Waals surface area contributed by atoms with Crippen molar-refractivity contribution >= 4 is 30.4 Å². The molecule has 0 saturated carbocycles. The Kier molecular flexibility index (Phi) is 15.0. The van der Waals surface area contributed by atoms with Gasteiger partial charge in [-0.3, -0.25) is 0 Å². The van der Waals surface area contributed by atoms with Gasteiger partial charge in [0.2, 0.25) is 0 Å². The monoisotopic (exact) mass is 591 g/mol. The fourth-order valence-electron chi connectivity index (χ4n) is 3.35. The van der Waals surface area contributed by atoms with E-state index in [9.17, 15) is 9.59 Å². The fraction of sp³-hybridized carbons (Fsp3) is 0.158. The van der Waals surface area contributed by atoms with Crippen LogP contribution >= 0.6 is 0 Å². The molecule has 6 heteroatoms. The van der Waals surface area contributed by atoms with Gasteiger partial charge in [-0.2, -0.15) is 0 Å². The smallest absolute Gasteiger partial charge is 0.417 e. The second kappa shape index (κ2) is 18.9. The van der Waals surface area contributed by atoms with Crippen LogP contribution in [0.3, 0.4) is 0 Å². The van der Waals surface area contributed by atoms with Crippen molar-refractivity contribution < 1.29 is 23.8 Å². The van der Waals surface area contributed by atoms with Gasteiger partial charge in [0, 0.05) is 0 Å². The molecule has 0 bridgehead atoms. The molecular weight excluding hydrogens is 550 g/mol. The number of alkyl carbamates (subject to hydrolysis) is 2. The molecule has 0 aromatic heterocycles. The number of carbonyl (C=O) groups excluding carboxylic acids is 2. The van der Waals surface area contributed by atoms with Gasteiger partial charge in [-0.1, -0.05) is 135 Å². The molecule has 0 aliphatic rings. The maximum absolute atomic E-state index is 11.6. The highest BCUT2D eigenvalue weighted by molar-refractivity contribution is 5.87. The van der Waals surface area contributed by atoms with Gasteiger partial charge in [0.05, 0.1) is 0 Å². The van der Waals surface area contributed by atoms with E-state index >= 15 is 0 Å². The zero-order valence-corrected chi connectivity index (χ0v) is 25.7. The third-order valence-electron chi connectivity index (χ3n) is 5.59. The molecule has 0 saturated heterocycles. The van der Waals surface area contributed by atoms with Crippen molar-refractivity contribution in [1.29, 1.82) is 0 Å². The number of ether oxygens (including phenoxy) is 3. The van der Waals surface area contributed by atoms with E-state index in [1.807, 2.05) is 108 Å². The lowest BCUT2D eigenvalue weighted by atomic mass is 10.1. The minimum Gasteiger partial charge on any atom is -0.489 e. The van der Waals surface area contributed by atoms with E-state index in [-0.39, 0.29) is 6.61 Å². The van der Waals surface area contributed by atoms with Crippen LogP contribution < -0.4 is 10.1 Å². The van der Waals surface area contributed by atoms with E-state index in [1.165, 1.54) is 5.56 Å². The molecule has 0 aliphatic carbocycles. The molecular formula is C38H41NO5. The van der Waals surface area contributed by atoms with Crippen molar-refractivity contribution in [1.82, 2.24) is 5.32 Å². The predicted molar refractivity (Wildman–Crippen MR) is 180 cm³/mol. The van der Waals surface area contributed by atoms with Gasteiger partial charge in [0.25, 0.3) is 0 Å². The SMILES string of the molecule is C=Cc1ccc(C=C)cc1.C=Cc1ccccc1.CC(C)(C)OC(=O)NC(=O)OCc1ccc(OCc2ccccc2)cc1. The summed E-state index contributed by atoms with van der Waals surface area (Å²) < 4.78 is 15.7. The van der Waals surface area contributed by atoms with E-state index in [2.05, 4.69) is 19.7 Å². The van der Waals surface area contributed by atoms with E-state index in [4.69, 9.17) is 14.2 Å². The molecule has 2 amide bonds. The number of benzene rings is 4. The number of hydrogen-bond acceptors (Lipinski definition) is 5. The molecule has 0 atom stereocenters. The lowest BCUT2D eigenvalue weighted by Gasteiger charge is -2.19. The number of imide groups is 1.